The maximum absolute atomic E-state index is 6.43. The SMILES string of the molecule is c1ccc(-c2nc(-c3ccc4ccccc4c3)nc(-c3cccc4cc(-c5cccc6ccc7c8ccncc8oc7c56)ccc34)n2)cc1. The molecule has 10 rings (SSSR count). The molecule has 49 heavy (non-hydrogen) atoms. The summed E-state index contributed by atoms with van der Waals surface area (Å²) < 4.78 is 6.43. The molecule has 3 heterocycles. The molecule has 0 atom stereocenters. The van der Waals surface area contributed by atoms with Crippen LogP contribution in [0.3, 0.4) is 0 Å². The molecule has 0 fully saturated rings. The van der Waals surface area contributed by atoms with E-state index in [-0.39, 0.29) is 0 Å². The minimum absolute atomic E-state index is 0.637. The summed E-state index contributed by atoms with van der Waals surface area (Å²) in [5.41, 5.74) is 6.75. The van der Waals surface area contributed by atoms with Gasteiger partial charge in [0.2, 0.25) is 0 Å². The molecule has 0 radical (unpaired) electrons. The fourth-order valence-electron chi connectivity index (χ4n) is 7.01. The standard InChI is InChI=1S/C44H26N4O/c1-2-9-29(10-3-1)42-46-43(33-17-16-27-8-4-5-11-30(27)24-33)48-44(47-42)38-15-7-13-31-25-32(19-20-34(31)38)35-14-6-12-28-18-21-37-36-22-23-45-26-39(36)49-41(37)40(28)35/h1-26H. The van der Waals surface area contributed by atoms with Gasteiger partial charge >= 0.3 is 0 Å². The normalized spacial score (nSPS) is 11.7. The first kappa shape index (κ1) is 27.4. The summed E-state index contributed by atoms with van der Waals surface area (Å²) in [6.45, 7) is 0. The van der Waals surface area contributed by atoms with Crippen LogP contribution in [0.15, 0.2) is 162 Å². The Morgan fingerprint density at radius 3 is 1.98 bits per heavy atom. The maximum atomic E-state index is 6.43. The van der Waals surface area contributed by atoms with Crippen molar-refractivity contribution in [3.63, 3.8) is 0 Å². The van der Waals surface area contributed by atoms with Crippen molar-refractivity contribution < 1.29 is 4.42 Å². The van der Waals surface area contributed by atoms with Crippen LogP contribution in [0.25, 0.3) is 99.5 Å². The van der Waals surface area contributed by atoms with Gasteiger partial charge in [-0.3, -0.25) is 4.98 Å². The Balaban J connectivity index is 1.15. The van der Waals surface area contributed by atoms with E-state index in [9.17, 15) is 0 Å². The van der Waals surface area contributed by atoms with Crippen molar-refractivity contribution in [2.45, 2.75) is 0 Å². The number of benzene rings is 7. The lowest BCUT2D eigenvalue weighted by Crippen LogP contribution is -2.00. The van der Waals surface area contributed by atoms with E-state index in [0.29, 0.717) is 17.5 Å². The van der Waals surface area contributed by atoms with Gasteiger partial charge in [-0.1, -0.05) is 121 Å². The van der Waals surface area contributed by atoms with Crippen LogP contribution in [0, 0.1) is 0 Å². The van der Waals surface area contributed by atoms with Crippen LogP contribution in [0.1, 0.15) is 0 Å². The summed E-state index contributed by atoms with van der Waals surface area (Å²) in [7, 11) is 0. The lowest BCUT2D eigenvalue weighted by molar-refractivity contribution is 0.670. The Kier molecular flexibility index (Phi) is 6.11. The Labute approximate surface area is 281 Å². The van der Waals surface area contributed by atoms with Crippen molar-refractivity contribution in [3.05, 3.63) is 158 Å². The topological polar surface area (TPSA) is 64.7 Å². The van der Waals surface area contributed by atoms with Crippen molar-refractivity contribution in [1.29, 1.82) is 0 Å². The summed E-state index contributed by atoms with van der Waals surface area (Å²) >= 11 is 0. The van der Waals surface area contributed by atoms with E-state index < -0.39 is 0 Å². The quantitative estimate of drug-likeness (QED) is 0.194. The van der Waals surface area contributed by atoms with Crippen LogP contribution in [0.2, 0.25) is 0 Å². The van der Waals surface area contributed by atoms with Gasteiger partial charge in [0.15, 0.2) is 23.1 Å². The lowest BCUT2D eigenvalue weighted by Gasteiger charge is -2.12. The van der Waals surface area contributed by atoms with Gasteiger partial charge in [0.1, 0.15) is 5.58 Å². The summed E-state index contributed by atoms with van der Waals surface area (Å²) in [4.78, 5) is 19.4. The van der Waals surface area contributed by atoms with Gasteiger partial charge in [0.25, 0.3) is 0 Å². The van der Waals surface area contributed by atoms with E-state index in [4.69, 9.17) is 19.4 Å². The van der Waals surface area contributed by atoms with Crippen LogP contribution in [-0.2, 0) is 0 Å². The highest BCUT2D eigenvalue weighted by molar-refractivity contribution is 6.19. The molecular weight excluding hydrogens is 601 g/mol. The van der Waals surface area contributed by atoms with E-state index >= 15 is 0 Å². The zero-order valence-electron chi connectivity index (χ0n) is 26.2. The van der Waals surface area contributed by atoms with Crippen molar-refractivity contribution >= 4 is 54.3 Å². The van der Waals surface area contributed by atoms with Crippen molar-refractivity contribution in [2.24, 2.45) is 0 Å². The number of nitrogens with zero attached hydrogens (tertiary/aromatic N) is 4. The van der Waals surface area contributed by atoms with Gasteiger partial charge in [-0.2, -0.15) is 0 Å². The number of fused-ring (bicyclic) bond motifs is 7. The molecule has 0 bridgehead atoms. The molecule has 10 aromatic rings. The molecule has 228 valence electrons. The molecule has 0 spiro atoms. The van der Waals surface area contributed by atoms with Crippen LogP contribution in [0.5, 0.6) is 0 Å². The van der Waals surface area contributed by atoms with Gasteiger partial charge in [0.05, 0.1) is 6.20 Å². The second kappa shape index (κ2) is 10.9. The number of hydrogen-bond donors (Lipinski definition) is 0. The first-order valence-corrected chi connectivity index (χ1v) is 16.3. The highest BCUT2D eigenvalue weighted by Gasteiger charge is 2.17. The summed E-state index contributed by atoms with van der Waals surface area (Å²) in [6.07, 6.45) is 3.60. The Morgan fingerprint density at radius 2 is 1.08 bits per heavy atom. The molecule has 0 aliphatic heterocycles. The number of aromatic nitrogens is 4. The second-order valence-corrected chi connectivity index (χ2v) is 12.3. The maximum Gasteiger partial charge on any atom is 0.164 e. The highest BCUT2D eigenvalue weighted by Crippen LogP contribution is 2.40. The van der Waals surface area contributed by atoms with E-state index in [1.54, 1.807) is 6.20 Å². The van der Waals surface area contributed by atoms with Gasteiger partial charge in [-0.15, -0.1) is 0 Å². The molecule has 3 aromatic heterocycles. The third-order valence-electron chi connectivity index (χ3n) is 9.39. The zero-order valence-corrected chi connectivity index (χ0v) is 26.2. The summed E-state index contributed by atoms with van der Waals surface area (Å²) in [6, 6.07) is 50.5. The highest BCUT2D eigenvalue weighted by atomic mass is 16.3. The van der Waals surface area contributed by atoms with E-state index in [2.05, 4.69) is 114 Å². The third kappa shape index (κ3) is 4.55. The zero-order chi connectivity index (χ0) is 32.3. The van der Waals surface area contributed by atoms with Crippen LogP contribution in [-0.4, -0.2) is 19.9 Å². The number of hydrogen-bond acceptors (Lipinski definition) is 5. The van der Waals surface area contributed by atoms with Gasteiger partial charge in [-0.05, 0) is 62.3 Å². The van der Waals surface area contributed by atoms with Gasteiger partial charge < -0.3 is 4.42 Å². The first-order chi connectivity index (χ1) is 24.3. The van der Waals surface area contributed by atoms with Crippen LogP contribution in [0.4, 0.5) is 0 Å². The largest absolute Gasteiger partial charge is 0.454 e. The molecule has 5 nitrogen and oxygen atoms in total. The molecule has 0 aliphatic carbocycles. The molecular formula is C44H26N4O. The average Bonchev–Trinajstić information content (AvgIpc) is 3.56. The lowest BCUT2D eigenvalue weighted by atomic mass is 9.94. The molecule has 0 N–H and O–H groups in total. The first-order valence-electron chi connectivity index (χ1n) is 16.3. The Bertz CT molecular complexity index is 2890. The van der Waals surface area contributed by atoms with E-state index in [1.165, 1.54) is 5.39 Å². The van der Waals surface area contributed by atoms with E-state index in [1.807, 2.05) is 42.6 Å². The van der Waals surface area contributed by atoms with Gasteiger partial charge in [-0.25, -0.2) is 15.0 Å². The minimum atomic E-state index is 0.637. The second-order valence-electron chi connectivity index (χ2n) is 12.3. The molecule has 0 saturated heterocycles. The molecule has 7 aromatic carbocycles. The Hall–Kier alpha value is -6.72. The predicted molar refractivity (Wildman–Crippen MR) is 199 cm³/mol. The molecule has 0 aliphatic rings. The smallest absolute Gasteiger partial charge is 0.164 e. The van der Waals surface area contributed by atoms with E-state index in [0.717, 1.165) is 76.7 Å². The van der Waals surface area contributed by atoms with Crippen molar-refractivity contribution in [3.8, 4) is 45.3 Å². The molecule has 0 saturated carbocycles. The van der Waals surface area contributed by atoms with Gasteiger partial charge in [0, 0.05) is 39.0 Å². The van der Waals surface area contributed by atoms with Crippen LogP contribution >= 0.6 is 0 Å². The predicted octanol–water partition coefficient (Wildman–Crippen LogP) is 11.3. The summed E-state index contributed by atoms with van der Waals surface area (Å²) in [5.74, 6) is 1.92. The number of furan rings is 1. The average molecular weight is 627 g/mol. The molecule has 0 unspecified atom stereocenters. The third-order valence-corrected chi connectivity index (χ3v) is 9.39. The molecule has 5 heteroatoms. The Morgan fingerprint density at radius 1 is 0.408 bits per heavy atom. The monoisotopic (exact) mass is 626 g/mol. The number of rotatable bonds is 4. The fourth-order valence-corrected chi connectivity index (χ4v) is 7.01. The van der Waals surface area contributed by atoms with Crippen molar-refractivity contribution in [1.82, 2.24) is 19.9 Å². The number of pyridine rings is 1. The molecule has 0 amide bonds. The van der Waals surface area contributed by atoms with Crippen molar-refractivity contribution in [2.75, 3.05) is 0 Å². The van der Waals surface area contributed by atoms with Crippen LogP contribution < -0.4 is 0 Å². The minimum Gasteiger partial charge on any atom is -0.454 e. The fraction of sp³-hybridized carbons (Fsp3) is 0. The summed E-state index contributed by atoms with van der Waals surface area (Å²) in [5, 5.41) is 8.88.